The van der Waals surface area contributed by atoms with E-state index < -0.39 is 23.6 Å². The molecule has 0 fully saturated rings. The number of hydrogen-bond donors (Lipinski definition) is 1. The van der Waals surface area contributed by atoms with Gasteiger partial charge in [-0.15, -0.1) is 24.8 Å². The summed E-state index contributed by atoms with van der Waals surface area (Å²) in [6.07, 6.45) is 0. The lowest BCUT2D eigenvalue weighted by Gasteiger charge is -2.33. The Balaban J connectivity index is 0.00000231. The van der Waals surface area contributed by atoms with Gasteiger partial charge in [-0.3, -0.25) is 29.0 Å². The summed E-state index contributed by atoms with van der Waals surface area (Å²) >= 11 is 0. The van der Waals surface area contributed by atoms with Crippen LogP contribution in [0.2, 0.25) is 0 Å². The van der Waals surface area contributed by atoms with Crippen LogP contribution < -0.4 is 0 Å². The molecule has 214 valence electrons. The molecule has 0 saturated heterocycles. The lowest BCUT2D eigenvalue weighted by Crippen LogP contribution is -2.46. The largest absolute Gasteiger partial charge is 0.508 e. The minimum atomic E-state index is -0.511. The van der Waals surface area contributed by atoms with E-state index in [4.69, 9.17) is 0 Å². The molecule has 41 heavy (non-hydrogen) atoms. The molecule has 9 nitrogen and oxygen atoms in total. The summed E-state index contributed by atoms with van der Waals surface area (Å²) in [6.45, 7) is 1.33. The Morgan fingerprint density at radius 3 is 1.68 bits per heavy atom. The number of phenolic OH excluding ortho intramolecular Hbond substituents is 1. The highest BCUT2D eigenvalue weighted by molar-refractivity contribution is 6.34. The van der Waals surface area contributed by atoms with Crippen LogP contribution in [-0.2, 0) is 0 Å². The number of phenols is 1. The van der Waals surface area contributed by atoms with Crippen LogP contribution >= 0.6 is 24.8 Å². The van der Waals surface area contributed by atoms with E-state index in [9.17, 15) is 24.3 Å². The van der Waals surface area contributed by atoms with E-state index in [-0.39, 0.29) is 65.9 Å². The first-order chi connectivity index (χ1) is 18.6. The highest BCUT2D eigenvalue weighted by Gasteiger charge is 2.40. The zero-order valence-corrected chi connectivity index (χ0v) is 24.7. The van der Waals surface area contributed by atoms with Gasteiger partial charge in [0.15, 0.2) is 0 Å². The molecule has 0 unspecified atom stereocenters. The predicted octanol–water partition coefficient (Wildman–Crippen LogP) is 3.10. The van der Waals surface area contributed by atoms with Crippen molar-refractivity contribution in [1.82, 2.24) is 19.6 Å². The van der Waals surface area contributed by atoms with Gasteiger partial charge in [0.05, 0.1) is 5.56 Å². The number of aromatic hydroxyl groups is 1. The number of nitrogens with zero attached hydrogens (tertiary/aromatic N) is 4. The van der Waals surface area contributed by atoms with Crippen LogP contribution in [0.4, 0.5) is 0 Å². The maximum absolute atomic E-state index is 13.8. The van der Waals surface area contributed by atoms with E-state index in [1.165, 1.54) is 21.9 Å². The van der Waals surface area contributed by atoms with Crippen molar-refractivity contribution in [2.24, 2.45) is 0 Å². The highest BCUT2D eigenvalue weighted by atomic mass is 35.5. The molecular formula is C30H30Cl2N4O5. The molecule has 0 aromatic heterocycles. The first kappa shape index (κ1) is 31.6. The number of halogens is 2. The SMILES string of the molecule is CN(C)CCN1C(=O)c2ccc3c4c(c(C#Cc5ccc(O)cc5)cc(c24)C1=O)C(=O)N(CCN(C)C)C3=O.Cl.Cl. The normalized spacial score (nSPS) is 13.8. The average molecular weight is 597 g/mol. The quantitative estimate of drug-likeness (QED) is 0.344. The summed E-state index contributed by atoms with van der Waals surface area (Å²) in [5.41, 5.74) is 1.88. The van der Waals surface area contributed by atoms with E-state index in [1.807, 2.05) is 38.0 Å². The second-order valence-corrected chi connectivity index (χ2v) is 10.2. The van der Waals surface area contributed by atoms with Crippen molar-refractivity contribution in [3.05, 3.63) is 75.8 Å². The molecule has 2 aliphatic heterocycles. The molecule has 1 N–H and O–H groups in total. The van der Waals surface area contributed by atoms with Gasteiger partial charge in [-0.05, 0) is 70.7 Å². The average Bonchev–Trinajstić information content (AvgIpc) is 2.89. The molecule has 11 heteroatoms. The van der Waals surface area contributed by atoms with Gasteiger partial charge < -0.3 is 14.9 Å². The molecule has 2 aliphatic rings. The van der Waals surface area contributed by atoms with Crippen molar-refractivity contribution >= 4 is 59.2 Å². The maximum Gasteiger partial charge on any atom is 0.262 e. The van der Waals surface area contributed by atoms with Crippen molar-refractivity contribution in [2.75, 3.05) is 54.4 Å². The van der Waals surface area contributed by atoms with Crippen molar-refractivity contribution in [3.63, 3.8) is 0 Å². The molecule has 3 aromatic carbocycles. The zero-order chi connectivity index (χ0) is 28.0. The van der Waals surface area contributed by atoms with Crippen molar-refractivity contribution in [2.45, 2.75) is 0 Å². The summed E-state index contributed by atoms with van der Waals surface area (Å²) in [5, 5.41) is 10.2. The Bertz CT molecular complexity index is 1620. The Hall–Kier alpha value is -3.94. The minimum Gasteiger partial charge on any atom is -0.508 e. The molecule has 2 heterocycles. The fourth-order valence-corrected chi connectivity index (χ4v) is 4.86. The summed E-state index contributed by atoms with van der Waals surface area (Å²) < 4.78 is 0. The van der Waals surface area contributed by atoms with Gasteiger partial charge in [-0.2, -0.15) is 0 Å². The number of carbonyl (C=O) groups is 4. The summed E-state index contributed by atoms with van der Waals surface area (Å²) in [5.74, 6) is 4.22. The standard InChI is InChI=1S/C30H28N4O5.2ClH/c1-31(2)13-15-33-27(36)21-11-12-22-26-24(30(39)34(28(22)37)16-14-32(3)4)19(17-23(25(21)26)29(33)38)8-5-18-6-9-20(35)10-7-18;;/h6-7,9-12,17,35H,13-16H2,1-4H3;2*1H. The third-order valence-electron chi connectivity index (χ3n) is 6.92. The minimum absolute atomic E-state index is 0. The summed E-state index contributed by atoms with van der Waals surface area (Å²) in [7, 11) is 7.42. The fraction of sp³-hybridized carbons (Fsp3) is 0.267. The maximum atomic E-state index is 13.8. The molecular weight excluding hydrogens is 567 g/mol. The van der Waals surface area contributed by atoms with E-state index >= 15 is 0 Å². The Labute approximate surface area is 250 Å². The van der Waals surface area contributed by atoms with Gasteiger partial charge >= 0.3 is 0 Å². The molecule has 0 saturated carbocycles. The van der Waals surface area contributed by atoms with Gasteiger partial charge in [0.25, 0.3) is 23.6 Å². The van der Waals surface area contributed by atoms with Crippen LogP contribution in [0.15, 0.2) is 42.5 Å². The molecule has 0 aliphatic carbocycles. The number of imide groups is 2. The topological polar surface area (TPSA) is 101 Å². The Morgan fingerprint density at radius 1 is 0.659 bits per heavy atom. The van der Waals surface area contributed by atoms with Crippen molar-refractivity contribution < 1.29 is 24.3 Å². The third-order valence-corrected chi connectivity index (χ3v) is 6.92. The van der Waals surface area contributed by atoms with Crippen LogP contribution in [0.25, 0.3) is 10.8 Å². The van der Waals surface area contributed by atoms with Gasteiger partial charge in [0.1, 0.15) is 5.75 Å². The van der Waals surface area contributed by atoms with E-state index in [1.54, 1.807) is 30.3 Å². The van der Waals surface area contributed by atoms with Crippen molar-refractivity contribution in [1.29, 1.82) is 0 Å². The van der Waals surface area contributed by atoms with Crippen LogP contribution in [0.1, 0.15) is 52.6 Å². The predicted molar refractivity (Wildman–Crippen MR) is 160 cm³/mol. The van der Waals surface area contributed by atoms with Gasteiger partial charge in [0, 0.05) is 64.8 Å². The second kappa shape index (κ2) is 12.3. The van der Waals surface area contributed by atoms with Gasteiger partial charge in [-0.25, -0.2) is 0 Å². The second-order valence-electron chi connectivity index (χ2n) is 10.2. The number of rotatable bonds is 6. The van der Waals surface area contributed by atoms with Crippen LogP contribution in [-0.4, -0.2) is 103 Å². The zero-order valence-electron chi connectivity index (χ0n) is 23.1. The van der Waals surface area contributed by atoms with Gasteiger partial charge in [0.2, 0.25) is 0 Å². The number of likely N-dealkylation sites (N-methyl/N-ethyl adjacent to an activating group) is 2. The highest BCUT2D eigenvalue weighted by Crippen LogP contribution is 2.39. The van der Waals surface area contributed by atoms with Gasteiger partial charge in [-0.1, -0.05) is 11.8 Å². The number of carbonyl (C=O) groups excluding carboxylic acids is 4. The monoisotopic (exact) mass is 596 g/mol. The molecule has 3 aromatic rings. The smallest absolute Gasteiger partial charge is 0.262 e. The summed E-state index contributed by atoms with van der Waals surface area (Å²) in [4.78, 5) is 60.6. The van der Waals surface area contributed by atoms with E-state index in [2.05, 4.69) is 11.8 Å². The first-order valence-corrected chi connectivity index (χ1v) is 12.5. The van der Waals surface area contributed by atoms with E-state index in [0.717, 1.165) is 0 Å². The molecule has 0 spiro atoms. The molecule has 0 radical (unpaired) electrons. The van der Waals surface area contributed by atoms with Crippen molar-refractivity contribution in [3.8, 4) is 17.6 Å². The number of benzene rings is 3. The Morgan fingerprint density at radius 2 is 1.15 bits per heavy atom. The Kier molecular flexibility index (Phi) is 9.47. The van der Waals surface area contributed by atoms with Crippen LogP contribution in [0.3, 0.4) is 0 Å². The van der Waals surface area contributed by atoms with Crippen LogP contribution in [0.5, 0.6) is 5.75 Å². The van der Waals surface area contributed by atoms with E-state index in [0.29, 0.717) is 35.0 Å². The number of hydrogen-bond acceptors (Lipinski definition) is 7. The molecule has 0 atom stereocenters. The third kappa shape index (κ3) is 5.65. The lowest BCUT2D eigenvalue weighted by atomic mass is 9.83. The number of amides is 4. The molecule has 4 amide bonds. The molecule has 5 rings (SSSR count). The lowest BCUT2D eigenvalue weighted by molar-refractivity contribution is 0.0579. The molecule has 0 bridgehead atoms. The first-order valence-electron chi connectivity index (χ1n) is 12.5. The summed E-state index contributed by atoms with van der Waals surface area (Å²) in [6, 6.07) is 11.0. The van der Waals surface area contributed by atoms with Crippen LogP contribution in [0, 0.1) is 11.8 Å². The fourth-order valence-electron chi connectivity index (χ4n) is 4.86.